The number of halogens is 1. The normalized spacial score (nSPS) is 10.8. The minimum Gasteiger partial charge on any atom is -0.461 e. The number of esters is 1. The average molecular weight is 496 g/mol. The van der Waals surface area contributed by atoms with Crippen LogP contribution in [-0.4, -0.2) is 33.2 Å². The highest BCUT2D eigenvalue weighted by Gasteiger charge is 2.23. The van der Waals surface area contributed by atoms with Crippen LogP contribution in [0.25, 0.3) is 16.5 Å². The van der Waals surface area contributed by atoms with Crippen LogP contribution in [0, 0.1) is 15.9 Å². The number of hydrogen-bond acceptors (Lipinski definition) is 8. The van der Waals surface area contributed by atoms with E-state index in [2.05, 4.69) is 10.4 Å². The van der Waals surface area contributed by atoms with E-state index in [9.17, 15) is 28.9 Å². The predicted octanol–water partition coefficient (Wildman–Crippen LogP) is 3.85. The van der Waals surface area contributed by atoms with Crippen LogP contribution in [-0.2, 0) is 16.0 Å². The van der Waals surface area contributed by atoms with Crippen molar-refractivity contribution in [2.45, 2.75) is 13.3 Å². The molecule has 0 unspecified atom stereocenters. The molecule has 0 saturated heterocycles. The molecule has 0 bridgehead atoms. The molecule has 0 aliphatic rings. The van der Waals surface area contributed by atoms with Gasteiger partial charge in [-0.25, -0.2) is 9.18 Å². The lowest BCUT2D eigenvalue weighted by Crippen LogP contribution is -2.25. The molecular weight excluding hydrogens is 479 g/mol. The van der Waals surface area contributed by atoms with Gasteiger partial charge in [0.05, 0.1) is 29.0 Å². The zero-order valence-electron chi connectivity index (χ0n) is 18.2. The lowest BCUT2D eigenvalue weighted by molar-refractivity contribution is -0.384. The monoisotopic (exact) mass is 496 g/mol. The standard InChI is InChI=1S/C23H17FN4O6S/c1-2-34-23(31)20-17-12-35-21(25-18(29)11-13-3-7-16(8-4-13)28(32)33)19(17)22(30)27(26-20)15-9-5-14(24)6-10-15/h3-10,12H,2,11H2,1H3,(H,25,29). The summed E-state index contributed by atoms with van der Waals surface area (Å²) in [5.74, 6) is -1.73. The van der Waals surface area contributed by atoms with Gasteiger partial charge in [-0.2, -0.15) is 9.78 Å². The van der Waals surface area contributed by atoms with Gasteiger partial charge in [0.2, 0.25) is 5.91 Å². The Balaban J connectivity index is 1.73. The predicted molar refractivity (Wildman–Crippen MR) is 127 cm³/mol. The Kier molecular flexibility index (Phi) is 6.64. The number of ether oxygens (including phenoxy) is 1. The number of non-ortho nitro benzene ring substituents is 1. The van der Waals surface area contributed by atoms with E-state index >= 15 is 0 Å². The molecule has 12 heteroatoms. The number of carbonyl (C=O) groups excluding carboxylic acids is 2. The van der Waals surface area contributed by atoms with Crippen molar-refractivity contribution in [1.29, 1.82) is 0 Å². The minimum atomic E-state index is -0.755. The van der Waals surface area contributed by atoms with Crippen LogP contribution >= 0.6 is 11.3 Å². The van der Waals surface area contributed by atoms with Crippen LogP contribution in [0.4, 0.5) is 15.1 Å². The summed E-state index contributed by atoms with van der Waals surface area (Å²) in [5.41, 5.74) is -0.0899. The number of thiophene rings is 1. The van der Waals surface area contributed by atoms with E-state index in [0.717, 1.165) is 28.2 Å². The van der Waals surface area contributed by atoms with E-state index < -0.39 is 28.2 Å². The van der Waals surface area contributed by atoms with Gasteiger partial charge in [0.25, 0.3) is 11.2 Å². The second kappa shape index (κ2) is 9.81. The summed E-state index contributed by atoms with van der Waals surface area (Å²) in [6, 6.07) is 10.5. The van der Waals surface area contributed by atoms with Gasteiger partial charge in [0.1, 0.15) is 10.8 Å². The average Bonchev–Trinajstić information content (AvgIpc) is 3.24. The molecule has 4 aromatic rings. The molecule has 2 aromatic carbocycles. The van der Waals surface area contributed by atoms with E-state index in [1.165, 1.54) is 41.8 Å². The lowest BCUT2D eigenvalue weighted by Gasteiger charge is -2.10. The van der Waals surface area contributed by atoms with Gasteiger partial charge in [-0.3, -0.25) is 19.7 Å². The second-order valence-corrected chi connectivity index (χ2v) is 8.14. The first-order valence-electron chi connectivity index (χ1n) is 10.3. The maximum Gasteiger partial charge on any atom is 0.359 e. The molecule has 2 heterocycles. The number of hydrogen-bond donors (Lipinski definition) is 1. The third-order valence-corrected chi connectivity index (χ3v) is 5.85. The van der Waals surface area contributed by atoms with Gasteiger partial charge in [-0.05, 0) is 36.8 Å². The van der Waals surface area contributed by atoms with Crippen molar-refractivity contribution in [3.63, 3.8) is 0 Å². The van der Waals surface area contributed by atoms with Crippen LogP contribution in [0.1, 0.15) is 23.0 Å². The van der Waals surface area contributed by atoms with Gasteiger partial charge in [-0.1, -0.05) is 12.1 Å². The summed E-state index contributed by atoms with van der Waals surface area (Å²) in [5, 5.41) is 19.6. The molecule has 0 aliphatic heterocycles. The van der Waals surface area contributed by atoms with E-state index in [0.29, 0.717) is 5.56 Å². The Labute approximate surface area is 200 Å². The van der Waals surface area contributed by atoms with Gasteiger partial charge in [0, 0.05) is 22.9 Å². The molecule has 4 rings (SSSR count). The van der Waals surface area contributed by atoms with Crippen LogP contribution in [0.3, 0.4) is 0 Å². The van der Waals surface area contributed by atoms with Crippen molar-refractivity contribution < 1.29 is 23.6 Å². The number of rotatable bonds is 7. The number of nitro benzene ring substituents is 1. The Bertz CT molecular complexity index is 1500. The first-order chi connectivity index (χ1) is 16.8. The van der Waals surface area contributed by atoms with Gasteiger partial charge < -0.3 is 10.1 Å². The van der Waals surface area contributed by atoms with Crippen molar-refractivity contribution in [3.05, 3.63) is 91.5 Å². The zero-order valence-corrected chi connectivity index (χ0v) is 19.0. The fraction of sp³-hybridized carbons (Fsp3) is 0.130. The first-order valence-corrected chi connectivity index (χ1v) is 11.2. The molecule has 0 saturated carbocycles. The summed E-state index contributed by atoms with van der Waals surface area (Å²) >= 11 is 1.04. The Morgan fingerprint density at radius 1 is 1.17 bits per heavy atom. The van der Waals surface area contributed by atoms with E-state index in [1.54, 1.807) is 6.92 Å². The topological polar surface area (TPSA) is 133 Å². The van der Waals surface area contributed by atoms with Gasteiger partial charge in [0.15, 0.2) is 5.69 Å². The Morgan fingerprint density at radius 3 is 2.49 bits per heavy atom. The number of benzene rings is 2. The Morgan fingerprint density at radius 2 is 1.86 bits per heavy atom. The molecule has 1 amide bonds. The number of nitro groups is 1. The smallest absolute Gasteiger partial charge is 0.359 e. The van der Waals surface area contributed by atoms with E-state index in [4.69, 9.17) is 4.74 Å². The number of anilines is 1. The first kappa shape index (κ1) is 23.7. The fourth-order valence-corrected chi connectivity index (χ4v) is 4.29. The molecule has 1 N–H and O–H groups in total. The van der Waals surface area contributed by atoms with Crippen LogP contribution in [0.15, 0.2) is 58.7 Å². The van der Waals surface area contributed by atoms with Crippen molar-refractivity contribution in [2.24, 2.45) is 0 Å². The molecule has 178 valence electrons. The summed E-state index contributed by atoms with van der Waals surface area (Å²) in [6.45, 7) is 1.71. The molecule has 0 spiro atoms. The van der Waals surface area contributed by atoms with Gasteiger partial charge in [-0.15, -0.1) is 11.3 Å². The number of aromatic nitrogens is 2. The van der Waals surface area contributed by atoms with Crippen LogP contribution in [0.2, 0.25) is 0 Å². The molecule has 0 radical (unpaired) electrons. The maximum absolute atomic E-state index is 13.4. The lowest BCUT2D eigenvalue weighted by atomic mass is 10.1. The number of nitrogens with one attached hydrogen (secondary N) is 1. The highest BCUT2D eigenvalue weighted by molar-refractivity contribution is 7.16. The zero-order chi connectivity index (χ0) is 25.1. The molecule has 0 atom stereocenters. The third kappa shape index (κ3) is 4.92. The summed E-state index contributed by atoms with van der Waals surface area (Å²) < 4.78 is 19.4. The molecule has 2 aromatic heterocycles. The maximum atomic E-state index is 13.4. The summed E-state index contributed by atoms with van der Waals surface area (Å²) in [7, 11) is 0. The quantitative estimate of drug-likeness (QED) is 0.233. The van der Waals surface area contributed by atoms with E-state index in [-0.39, 0.29) is 45.9 Å². The van der Waals surface area contributed by atoms with Crippen molar-refractivity contribution >= 4 is 44.7 Å². The van der Waals surface area contributed by atoms with Crippen molar-refractivity contribution in [3.8, 4) is 5.69 Å². The summed E-state index contributed by atoms with van der Waals surface area (Å²) in [4.78, 5) is 48.8. The largest absolute Gasteiger partial charge is 0.461 e. The molecule has 35 heavy (non-hydrogen) atoms. The summed E-state index contributed by atoms with van der Waals surface area (Å²) in [6.07, 6.45) is -0.0979. The fourth-order valence-electron chi connectivity index (χ4n) is 3.34. The number of fused-ring (bicyclic) bond motifs is 1. The second-order valence-electron chi connectivity index (χ2n) is 7.26. The SMILES string of the molecule is CCOC(=O)c1nn(-c2ccc(F)cc2)c(=O)c2c(NC(=O)Cc3ccc([N+](=O)[O-])cc3)scc12. The highest BCUT2D eigenvalue weighted by Crippen LogP contribution is 2.31. The number of amides is 1. The molecule has 0 fully saturated rings. The third-order valence-electron chi connectivity index (χ3n) is 4.96. The minimum absolute atomic E-state index is 0.0504. The van der Waals surface area contributed by atoms with Gasteiger partial charge >= 0.3 is 5.97 Å². The molecule has 10 nitrogen and oxygen atoms in total. The Hall–Kier alpha value is -4.45. The number of carbonyl (C=O) groups is 2. The number of nitrogens with zero attached hydrogens (tertiary/aromatic N) is 3. The molecule has 0 aliphatic carbocycles. The van der Waals surface area contributed by atoms with E-state index in [1.807, 2.05) is 0 Å². The van der Waals surface area contributed by atoms with Crippen molar-refractivity contribution in [1.82, 2.24) is 9.78 Å². The highest BCUT2D eigenvalue weighted by atomic mass is 32.1. The van der Waals surface area contributed by atoms with Crippen LogP contribution < -0.4 is 10.9 Å². The van der Waals surface area contributed by atoms with Crippen molar-refractivity contribution in [2.75, 3.05) is 11.9 Å². The molecular formula is C23H17FN4O6S. The van der Waals surface area contributed by atoms with Crippen LogP contribution in [0.5, 0.6) is 0 Å².